The first-order valence-corrected chi connectivity index (χ1v) is 9.85. The molecule has 0 bridgehead atoms. The first kappa shape index (κ1) is 17.3. The van der Waals surface area contributed by atoms with Gasteiger partial charge in [-0.15, -0.1) is 11.3 Å². The van der Waals surface area contributed by atoms with E-state index in [0.717, 1.165) is 11.3 Å². The molecule has 0 atom stereocenters. The van der Waals surface area contributed by atoms with Gasteiger partial charge in [0.1, 0.15) is 11.1 Å². The lowest BCUT2D eigenvalue weighted by molar-refractivity contribution is 0.581. The van der Waals surface area contributed by atoms with E-state index in [-0.39, 0.29) is 17.0 Å². The minimum absolute atomic E-state index is 0.0152. The zero-order valence-electron chi connectivity index (χ0n) is 13.2. The molecular weight excluding hydrogens is 354 g/mol. The average Bonchev–Trinajstić information content (AvgIpc) is 3.08. The normalized spacial score (nSPS) is 11.2. The van der Waals surface area contributed by atoms with Crippen molar-refractivity contribution in [2.45, 2.75) is 17.9 Å². The predicted molar refractivity (Wildman–Crippen MR) is 96.5 cm³/mol. The maximum Gasteiger partial charge on any atom is 0.242 e. The zero-order valence-corrected chi connectivity index (χ0v) is 14.8. The molecule has 0 spiro atoms. The number of hydrogen-bond donors (Lipinski definition) is 1. The number of thiazole rings is 1. The molecule has 0 amide bonds. The third-order valence-electron chi connectivity index (χ3n) is 3.53. The van der Waals surface area contributed by atoms with Crippen LogP contribution >= 0.6 is 11.3 Å². The quantitative estimate of drug-likeness (QED) is 0.724. The van der Waals surface area contributed by atoms with Gasteiger partial charge in [-0.2, -0.15) is 5.26 Å². The summed E-state index contributed by atoms with van der Waals surface area (Å²) >= 11 is 1.47. The topological polar surface area (TPSA) is 82.8 Å². The average molecular weight is 369 g/mol. The minimum Gasteiger partial charge on any atom is -0.248 e. The highest BCUT2D eigenvalue weighted by molar-refractivity contribution is 7.89. The van der Waals surface area contributed by atoms with Crippen molar-refractivity contribution in [1.82, 2.24) is 9.71 Å². The highest BCUT2D eigenvalue weighted by Crippen LogP contribution is 2.19. The lowest BCUT2D eigenvalue weighted by Crippen LogP contribution is -2.24. The summed E-state index contributed by atoms with van der Waals surface area (Å²) < 4.78 is 27.3. The van der Waals surface area contributed by atoms with Crippen molar-refractivity contribution in [1.29, 1.82) is 5.26 Å². The number of nitriles is 1. The van der Waals surface area contributed by atoms with Crippen LogP contribution in [0.25, 0.3) is 0 Å². The molecule has 0 aliphatic carbocycles. The number of aromatic nitrogens is 1. The maximum atomic E-state index is 12.4. The number of benzene rings is 2. The largest absolute Gasteiger partial charge is 0.248 e. The van der Waals surface area contributed by atoms with Gasteiger partial charge in [0.05, 0.1) is 17.0 Å². The van der Waals surface area contributed by atoms with Crippen molar-refractivity contribution >= 4 is 21.4 Å². The van der Waals surface area contributed by atoms with Gasteiger partial charge in [-0.05, 0) is 17.7 Å². The first-order valence-electron chi connectivity index (χ1n) is 7.55. The van der Waals surface area contributed by atoms with Gasteiger partial charge in [0.25, 0.3) is 0 Å². The van der Waals surface area contributed by atoms with Gasteiger partial charge in [-0.25, -0.2) is 18.1 Å². The summed E-state index contributed by atoms with van der Waals surface area (Å²) in [5.74, 6) is 0. The summed E-state index contributed by atoms with van der Waals surface area (Å²) in [5, 5.41) is 9.74. The highest BCUT2D eigenvalue weighted by atomic mass is 32.2. The van der Waals surface area contributed by atoms with E-state index in [1.54, 1.807) is 18.3 Å². The summed E-state index contributed by atoms with van der Waals surface area (Å²) in [5.41, 5.74) is 1.31. The van der Waals surface area contributed by atoms with Crippen molar-refractivity contribution in [2.24, 2.45) is 0 Å². The van der Waals surface area contributed by atoms with Gasteiger partial charge in [-0.1, -0.05) is 42.5 Å². The van der Waals surface area contributed by atoms with Gasteiger partial charge in [0, 0.05) is 17.5 Å². The predicted octanol–water partition coefficient (Wildman–Crippen LogP) is 3.08. The smallest absolute Gasteiger partial charge is 0.242 e. The molecule has 126 valence electrons. The molecule has 5 nitrogen and oxygen atoms in total. The second-order valence-corrected chi connectivity index (χ2v) is 8.25. The molecule has 3 aromatic rings. The Morgan fingerprint density at radius 2 is 1.80 bits per heavy atom. The number of rotatable bonds is 6. The van der Waals surface area contributed by atoms with E-state index in [0.29, 0.717) is 5.01 Å². The van der Waals surface area contributed by atoms with Crippen LogP contribution in [0.2, 0.25) is 0 Å². The van der Waals surface area contributed by atoms with E-state index < -0.39 is 10.0 Å². The highest BCUT2D eigenvalue weighted by Gasteiger charge is 2.18. The molecule has 3 rings (SSSR count). The van der Waals surface area contributed by atoms with Crippen LogP contribution in [-0.2, 0) is 23.0 Å². The van der Waals surface area contributed by atoms with Crippen LogP contribution in [0.4, 0.5) is 0 Å². The van der Waals surface area contributed by atoms with E-state index in [1.807, 2.05) is 36.4 Å². The second-order valence-electron chi connectivity index (χ2n) is 5.32. The molecule has 0 fully saturated rings. The van der Waals surface area contributed by atoms with E-state index in [4.69, 9.17) is 5.26 Å². The van der Waals surface area contributed by atoms with Crippen molar-refractivity contribution in [3.05, 3.63) is 81.8 Å². The molecular formula is C18H15N3O2S2. The van der Waals surface area contributed by atoms with E-state index >= 15 is 0 Å². The van der Waals surface area contributed by atoms with Crippen LogP contribution in [-0.4, -0.2) is 13.4 Å². The molecule has 0 unspecified atom stereocenters. The van der Waals surface area contributed by atoms with Crippen LogP contribution in [0.15, 0.2) is 65.7 Å². The molecule has 0 aliphatic rings. The SMILES string of the molecule is N#Cc1ccccc1S(=O)(=O)NCc1ncc(Cc2ccccc2)s1. The Morgan fingerprint density at radius 3 is 2.56 bits per heavy atom. The fourth-order valence-electron chi connectivity index (χ4n) is 2.34. The molecule has 0 saturated heterocycles. The molecule has 0 radical (unpaired) electrons. The van der Waals surface area contributed by atoms with Crippen molar-refractivity contribution in [3.8, 4) is 6.07 Å². The van der Waals surface area contributed by atoms with Gasteiger partial charge < -0.3 is 0 Å². The van der Waals surface area contributed by atoms with Crippen LogP contribution in [0.3, 0.4) is 0 Å². The fourth-order valence-corrected chi connectivity index (χ4v) is 4.47. The van der Waals surface area contributed by atoms with Crippen molar-refractivity contribution in [3.63, 3.8) is 0 Å². The monoisotopic (exact) mass is 369 g/mol. The maximum absolute atomic E-state index is 12.4. The molecule has 25 heavy (non-hydrogen) atoms. The molecule has 1 heterocycles. The minimum atomic E-state index is -3.76. The number of hydrogen-bond acceptors (Lipinski definition) is 5. The third kappa shape index (κ3) is 4.31. The summed E-state index contributed by atoms with van der Waals surface area (Å²) in [6.45, 7) is 0.0988. The lowest BCUT2D eigenvalue weighted by atomic mass is 10.1. The van der Waals surface area contributed by atoms with Gasteiger partial charge in [0.15, 0.2) is 0 Å². The number of sulfonamides is 1. The number of nitrogens with zero attached hydrogens (tertiary/aromatic N) is 2. The van der Waals surface area contributed by atoms with Crippen LogP contribution < -0.4 is 4.72 Å². The molecule has 0 aliphatic heterocycles. The Kier molecular flexibility index (Phi) is 5.24. The van der Waals surface area contributed by atoms with E-state index in [2.05, 4.69) is 9.71 Å². The Bertz CT molecular complexity index is 1010. The van der Waals surface area contributed by atoms with Crippen LogP contribution in [0.1, 0.15) is 21.0 Å². The molecule has 2 aromatic carbocycles. The Morgan fingerprint density at radius 1 is 1.08 bits per heavy atom. The third-order valence-corrected chi connectivity index (χ3v) is 5.99. The Hall–Kier alpha value is -2.53. The first-order chi connectivity index (χ1) is 12.1. The Labute approximate surface area is 150 Å². The fraction of sp³-hybridized carbons (Fsp3) is 0.111. The summed E-state index contributed by atoms with van der Waals surface area (Å²) in [6, 6.07) is 18.0. The van der Waals surface area contributed by atoms with Gasteiger partial charge >= 0.3 is 0 Å². The summed E-state index contributed by atoms with van der Waals surface area (Å²) in [7, 11) is -3.76. The number of nitrogens with one attached hydrogen (secondary N) is 1. The summed E-state index contributed by atoms with van der Waals surface area (Å²) in [6.07, 6.45) is 2.53. The van der Waals surface area contributed by atoms with Gasteiger partial charge in [-0.3, -0.25) is 0 Å². The summed E-state index contributed by atoms with van der Waals surface area (Å²) in [4.78, 5) is 5.33. The van der Waals surface area contributed by atoms with E-state index in [1.165, 1.54) is 29.0 Å². The van der Waals surface area contributed by atoms with Crippen LogP contribution in [0.5, 0.6) is 0 Å². The standard InChI is InChI=1S/C18H15N3O2S2/c19-11-15-8-4-5-9-17(15)25(22,23)21-13-18-20-12-16(24-18)10-14-6-2-1-3-7-14/h1-9,12,21H,10,13H2. The molecule has 1 N–H and O–H groups in total. The van der Waals surface area contributed by atoms with Crippen molar-refractivity contribution < 1.29 is 8.42 Å². The molecule has 7 heteroatoms. The molecule has 1 aromatic heterocycles. The second kappa shape index (κ2) is 7.57. The van der Waals surface area contributed by atoms with Crippen LogP contribution in [0, 0.1) is 11.3 Å². The lowest BCUT2D eigenvalue weighted by Gasteiger charge is -2.06. The van der Waals surface area contributed by atoms with E-state index in [9.17, 15) is 8.42 Å². The van der Waals surface area contributed by atoms with Gasteiger partial charge in [0.2, 0.25) is 10.0 Å². The van der Waals surface area contributed by atoms with Crippen molar-refractivity contribution in [2.75, 3.05) is 0 Å². The molecule has 0 saturated carbocycles. The Balaban J connectivity index is 1.69. The zero-order chi connectivity index (χ0) is 17.7.